The van der Waals surface area contributed by atoms with Gasteiger partial charge in [0.05, 0.1) is 0 Å². The van der Waals surface area contributed by atoms with E-state index >= 15 is 0 Å². The number of aryl methyl sites for hydroxylation is 1. The van der Waals surface area contributed by atoms with Crippen molar-refractivity contribution >= 4 is 5.57 Å². The standard InChI is InChI=1S/C13H16/c1-3-4-11-7-8-12-6-5-10(2)9-13(11)12/h5-7,9H,3-4,8H2,1-2H3. The first-order chi connectivity index (χ1) is 6.31. The number of rotatable bonds is 2. The molecule has 1 aliphatic rings. The third kappa shape index (κ3) is 1.53. The molecule has 0 unspecified atom stereocenters. The fraction of sp³-hybridized carbons (Fsp3) is 0.385. The normalized spacial score (nSPS) is 14.2. The average Bonchev–Trinajstić information content (AvgIpc) is 2.49. The molecule has 0 saturated carbocycles. The Kier molecular flexibility index (Phi) is 2.22. The van der Waals surface area contributed by atoms with Crippen LogP contribution < -0.4 is 0 Å². The van der Waals surface area contributed by atoms with E-state index < -0.39 is 0 Å². The van der Waals surface area contributed by atoms with E-state index in [1.54, 1.807) is 5.57 Å². The molecule has 0 saturated heterocycles. The van der Waals surface area contributed by atoms with Gasteiger partial charge in [-0.05, 0) is 36.5 Å². The second-order valence-corrected chi connectivity index (χ2v) is 3.84. The lowest BCUT2D eigenvalue weighted by Crippen LogP contribution is -1.85. The third-order valence-electron chi connectivity index (χ3n) is 2.70. The van der Waals surface area contributed by atoms with Gasteiger partial charge in [0.1, 0.15) is 0 Å². The summed E-state index contributed by atoms with van der Waals surface area (Å²) in [4.78, 5) is 0. The lowest BCUT2D eigenvalue weighted by Gasteiger charge is -2.05. The van der Waals surface area contributed by atoms with Gasteiger partial charge >= 0.3 is 0 Å². The molecular weight excluding hydrogens is 156 g/mol. The number of allylic oxidation sites excluding steroid dienone is 2. The van der Waals surface area contributed by atoms with Crippen molar-refractivity contribution in [2.24, 2.45) is 0 Å². The maximum atomic E-state index is 2.38. The first-order valence-corrected chi connectivity index (χ1v) is 5.10. The smallest absolute Gasteiger partial charge is 0.00854 e. The largest absolute Gasteiger partial charge is 0.0763 e. The average molecular weight is 172 g/mol. The second kappa shape index (κ2) is 3.37. The van der Waals surface area contributed by atoms with Crippen molar-refractivity contribution in [1.82, 2.24) is 0 Å². The Bertz CT molecular complexity index is 345. The van der Waals surface area contributed by atoms with Crippen LogP contribution in [0, 0.1) is 6.92 Å². The summed E-state index contributed by atoms with van der Waals surface area (Å²) in [6.45, 7) is 4.41. The molecule has 2 rings (SSSR count). The Balaban J connectivity index is 2.36. The van der Waals surface area contributed by atoms with Crippen molar-refractivity contribution in [1.29, 1.82) is 0 Å². The van der Waals surface area contributed by atoms with Crippen LogP contribution >= 0.6 is 0 Å². The molecule has 0 fully saturated rings. The van der Waals surface area contributed by atoms with Gasteiger partial charge in [-0.15, -0.1) is 0 Å². The van der Waals surface area contributed by atoms with E-state index in [0.29, 0.717) is 0 Å². The van der Waals surface area contributed by atoms with Gasteiger partial charge in [-0.25, -0.2) is 0 Å². The highest BCUT2D eigenvalue weighted by Crippen LogP contribution is 2.31. The molecule has 0 aliphatic heterocycles. The van der Waals surface area contributed by atoms with Gasteiger partial charge in [-0.2, -0.15) is 0 Å². The zero-order chi connectivity index (χ0) is 9.26. The Labute approximate surface area is 80.3 Å². The predicted molar refractivity (Wildman–Crippen MR) is 57.8 cm³/mol. The van der Waals surface area contributed by atoms with Crippen LogP contribution in [0.4, 0.5) is 0 Å². The van der Waals surface area contributed by atoms with Gasteiger partial charge in [-0.3, -0.25) is 0 Å². The number of fused-ring (bicyclic) bond motifs is 1. The maximum absolute atomic E-state index is 2.38. The highest BCUT2D eigenvalue weighted by Gasteiger charge is 2.12. The van der Waals surface area contributed by atoms with Crippen molar-refractivity contribution in [3.8, 4) is 0 Å². The molecular formula is C13H16. The minimum absolute atomic E-state index is 1.14. The fourth-order valence-electron chi connectivity index (χ4n) is 2.02. The van der Waals surface area contributed by atoms with E-state index in [4.69, 9.17) is 0 Å². The lowest BCUT2D eigenvalue weighted by molar-refractivity contribution is 0.975. The summed E-state index contributed by atoms with van der Waals surface area (Å²) < 4.78 is 0. The minimum Gasteiger partial charge on any atom is -0.0763 e. The van der Waals surface area contributed by atoms with Gasteiger partial charge in [0.15, 0.2) is 0 Å². The van der Waals surface area contributed by atoms with E-state index in [0.717, 1.165) is 6.42 Å². The predicted octanol–water partition coefficient (Wildman–Crippen LogP) is 3.73. The molecule has 0 heteroatoms. The Hall–Kier alpha value is -1.04. The molecule has 0 spiro atoms. The number of hydrogen-bond acceptors (Lipinski definition) is 0. The minimum atomic E-state index is 1.14. The molecule has 0 nitrogen and oxygen atoms in total. The summed E-state index contributed by atoms with van der Waals surface area (Å²) in [7, 11) is 0. The molecule has 0 N–H and O–H groups in total. The first-order valence-electron chi connectivity index (χ1n) is 5.10. The van der Waals surface area contributed by atoms with Crippen LogP contribution in [0.3, 0.4) is 0 Å². The van der Waals surface area contributed by atoms with Crippen LogP contribution in [-0.4, -0.2) is 0 Å². The molecule has 0 atom stereocenters. The quantitative estimate of drug-likeness (QED) is 0.637. The van der Waals surface area contributed by atoms with Crippen molar-refractivity contribution in [2.75, 3.05) is 0 Å². The van der Waals surface area contributed by atoms with Crippen LogP contribution in [0.1, 0.15) is 36.5 Å². The molecule has 1 aliphatic carbocycles. The van der Waals surface area contributed by atoms with Crippen molar-refractivity contribution in [2.45, 2.75) is 33.1 Å². The van der Waals surface area contributed by atoms with Crippen molar-refractivity contribution < 1.29 is 0 Å². The molecule has 0 radical (unpaired) electrons. The van der Waals surface area contributed by atoms with E-state index in [2.05, 4.69) is 38.1 Å². The molecule has 13 heavy (non-hydrogen) atoms. The van der Waals surface area contributed by atoms with E-state index in [-0.39, 0.29) is 0 Å². The van der Waals surface area contributed by atoms with Gasteiger partial charge < -0.3 is 0 Å². The monoisotopic (exact) mass is 172 g/mol. The zero-order valence-electron chi connectivity index (χ0n) is 8.43. The molecule has 1 aromatic carbocycles. The van der Waals surface area contributed by atoms with Crippen molar-refractivity contribution in [3.05, 3.63) is 41.0 Å². The zero-order valence-corrected chi connectivity index (χ0v) is 8.43. The van der Waals surface area contributed by atoms with Crippen LogP contribution in [-0.2, 0) is 6.42 Å². The number of benzene rings is 1. The van der Waals surface area contributed by atoms with Crippen LogP contribution in [0.25, 0.3) is 5.57 Å². The Morgan fingerprint density at radius 3 is 2.92 bits per heavy atom. The maximum Gasteiger partial charge on any atom is -0.00854 e. The van der Waals surface area contributed by atoms with Gasteiger partial charge in [0.25, 0.3) is 0 Å². The topological polar surface area (TPSA) is 0 Å². The second-order valence-electron chi connectivity index (χ2n) is 3.84. The van der Waals surface area contributed by atoms with Gasteiger partial charge in [0, 0.05) is 0 Å². The molecule has 0 heterocycles. The van der Waals surface area contributed by atoms with E-state index in [1.165, 1.54) is 29.5 Å². The van der Waals surface area contributed by atoms with Crippen LogP contribution in [0.15, 0.2) is 24.3 Å². The highest BCUT2D eigenvalue weighted by molar-refractivity contribution is 5.73. The molecule has 0 amide bonds. The SMILES string of the molecule is CCCC1=CCc2ccc(C)cc21. The summed E-state index contributed by atoms with van der Waals surface area (Å²) in [5.41, 5.74) is 5.94. The van der Waals surface area contributed by atoms with Crippen LogP contribution in [0.5, 0.6) is 0 Å². The summed E-state index contributed by atoms with van der Waals surface area (Å²) in [6, 6.07) is 6.80. The van der Waals surface area contributed by atoms with Gasteiger partial charge in [0.2, 0.25) is 0 Å². The fourth-order valence-corrected chi connectivity index (χ4v) is 2.02. The summed E-state index contributed by atoms with van der Waals surface area (Å²) in [5.74, 6) is 0. The van der Waals surface area contributed by atoms with Crippen LogP contribution in [0.2, 0.25) is 0 Å². The molecule has 1 aromatic rings. The summed E-state index contributed by atoms with van der Waals surface area (Å²) in [6.07, 6.45) is 6.01. The lowest BCUT2D eigenvalue weighted by atomic mass is 10.0. The molecule has 0 aromatic heterocycles. The first kappa shape index (κ1) is 8.55. The highest BCUT2D eigenvalue weighted by atomic mass is 14.2. The molecule has 68 valence electrons. The van der Waals surface area contributed by atoms with E-state index in [9.17, 15) is 0 Å². The molecule has 0 bridgehead atoms. The van der Waals surface area contributed by atoms with Gasteiger partial charge in [-0.1, -0.05) is 43.2 Å². The van der Waals surface area contributed by atoms with Crippen molar-refractivity contribution in [3.63, 3.8) is 0 Å². The summed E-state index contributed by atoms with van der Waals surface area (Å²) >= 11 is 0. The summed E-state index contributed by atoms with van der Waals surface area (Å²) in [5, 5.41) is 0. The van der Waals surface area contributed by atoms with E-state index in [1.807, 2.05) is 0 Å². The third-order valence-corrected chi connectivity index (χ3v) is 2.70. The Morgan fingerprint density at radius 2 is 2.15 bits per heavy atom. The Morgan fingerprint density at radius 1 is 1.31 bits per heavy atom. The number of hydrogen-bond donors (Lipinski definition) is 0.